The highest BCUT2D eigenvalue weighted by Gasteiger charge is 2.24. The van der Waals surface area contributed by atoms with Gasteiger partial charge in [-0.2, -0.15) is 0 Å². The summed E-state index contributed by atoms with van der Waals surface area (Å²) < 4.78 is 0. The number of nitrogens with zero attached hydrogens (tertiary/aromatic N) is 1. The predicted molar refractivity (Wildman–Crippen MR) is 84.2 cm³/mol. The lowest BCUT2D eigenvalue weighted by molar-refractivity contribution is 0.619. The third-order valence-electron chi connectivity index (χ3n) is 3.77. The van der Waals surface area contributed by atoms with E-state index in [1.807, 2.05) is 12.1 Å². The van der Waals surface area contributed by atoms with Crippen LogP contribution in [0.2, 0.25) is 0 Å². The van der Waals surface area contributed by atoms with Crippen LogP contribution in [0.25, 0.3) is 0 Å². The number of hydrogen-bond acceptors (Lipinski definition) is 1. The third-order valence-corrected chi connectivity index (χ3v) is 3.77. The Morgan fingerprint density at radius 2 is 1.95 bits per heavy atom. The van der Waals surface area contributed by atoms with Crippen LogP contribution >= 0.6 is 0 Å². The number of anilines is 1. The van der Waals surface area contributed by atoms with E-state index < -0.39 is 0 Å². The summed E-state index contributed by atoms with van der Waals surface area (Å²) >= 11 is 0. The number of nitrogens with two attached hydrogens (primary N) is 1. The second-order valence-electron chi connectivity index (χ2n) is 5.32. The van der Waals surface area contributed by atoms with Crippen molar-refractivity contribution in [1.82, 2.24) is 0 Å². The van der Waals surface area contributed by atoms with Gasteiger partial charge in [0.15, 0.2) is 5.96 Å². The first-order valence-electron chi connectivity index (χ1n) is 6.94. The minimum atomic E-state index is 0.484. The summed E-state index contributed by atoms with van der Waals surface area (Å²) in [6, 6.07) is 16.7. The molecule has 3 rings (SSSR count). The normalized spacial score (nSPS) is 17.2. The first-order valence-corrected chi connectivity index (χ1v) is 6.94. The van der Waals surface area contributed by atoms with Gasteiger partial charge in [0.1, 0.15) is 0 Å². The third kappa shape index (κ3) is 2.67. The maximum atomic E-state index is 5.93. The zero-order chi connectivity index (χ0) is 13.9. The fourth-order valence-electron chi connectivity index (χ4n) is 2.56. The van der Waals surface area contributed by atoms with Crippen LogP contribution in [0.15, 0.2) is 53.5 Å². The summed E-state index contributed by atoms with van der Waals surface area (Å²) in [7, 11) is 0. The van der Waals surface area contributed by atoms with Gasteiger partial charge in [-0.3, -0.25) is 4.99 Å². The van der Waals surface area contributed by atoms with E-state index in [2.05, 4.69) is 53.6 Å². The Morgan fingerprint density at radius 1 is 1.20 bits per heavy atom. The van der Waals surface area contributed by atoms with Gasteiger partial charge >= 0.3 is 0 Å². The standard InChI is InChI=1S/C17H19N3/c1-12-6-8-15(9-7-12)20-17(18)19-11-14-10-13-4-2-3-5-16(13)14/h2-9,14H,10-11H2,1H3,(H3,18,19,20). The van der Waals surface area contributed by atoms with Gasteiger partial charge in [0.2, 0.25) is 0 Å². The highest BCUT2D eigenvalue weighted by molar-refractivity contribution is 5.92. The number of rotatable bonds is 3. The maximum Gasteiger partial charge on any atom is 0.193 e. The molecule has 3 nitrogen and oxygen atoms in total. The summed E-state index contributed by atoms with van der Waals surface area (Å²) in [4.78, 5) is 4.45. The molecule has 1 unspecified atom stereocenters. The fourth-order valence-corrected chi connectivity index (χ4v) is 2.56. The summed E-state index contributed by atoms with van der Waals surface area (Å²) in [5.74, 6) is 1.00. The smallest absolute Gasteiger partial charge is 0.193 e. The van der Waals surface area contributed by atoms with Gasteiger partial charge in [-0.05, 0) is 36.6 Å². The van der Waals surface area contributed by atoms with Gasteiger partial charge in [-0.1, -0.05) is 42.0 Å². The average Bonchev–Trinajstić information content (AvgIpc) is 2.42. The molecule has 0 saturated carbocycles. The molecule has 0 radical (unpaired) electrons. The fraction of sp³-hybridized carbons (Fsp3) is 0.235. The second kappa shape index (κ2) is 5.37. The van der Waals surface area contributed by atoms with Crippen molar-refractivity contribution in [1.29, 1.82) is 0 Å². The average molecular weight is 265 g/mol. The van der Waals surface area contributed by atoms with Crippen LogP contribution in [0, 0.1) is 6.92 Å². The molecule has 0 aromatic heterocycles. The lowest BCUT2D eigenvalue weighted by Gasteiger charge is -2.28. The number of guanidine groups is 1. The minimum Gasteiger partial charge on any atom is -0.370 e. The number of aliphatic imine (C=N–C) groups is 1. The van der Waals surface area contributed by atoms with Crippen molar-refractivity contribution in [2.24, 2.45) is 10.7 Å². The van der Waals surface area contributed by atoms with Gasteiger partial charge in [-0.15, -0.1) is 0 Å². The van der Waals surface area contributed by atoms with Crippen molar-refractivity contribution in [3.63, 3.8) is 0 Å². The molecule has 0 heterocycles. The van der Waals surface area contributed by atoms with E-state index >= 15 is 0 Å². The van der Waals surface area contributed by atoms with Crippen LogP contribution < -0.4 is 11.1 Å². The summed E-state index contributed by atoms with van der Waals surface area (Å²) in [6.07, 6.45) is 1.11. The molecule has 20 heavy (non-hydrogen) atoms. The Kier molecular flexibility index (Phi) is 3.42. The lowest BCUT2D eigenvalue weighted by Crippen LogP contribution is -2.26. The van der Waals surface area contributed by atoms with Gasteiger partial charge in [-0.25, -0.2) is 0 Å². The van der Waals surface area contributed by atoms with Crippen molar-refractivity contribution in [3.8, 4) is 0 Å². The maximum absolute atomic E-state index is 5.93. The Hall–Kier alpha value is -2.29. The molecule has 0 saturated heterocycles. The monoisotopic (exact) mass is 265 g/mol. The number of hydrogen-bond donors (Lipinski definition) is 2. The van der Waals surface area contributed by atoms with E-state index in [0.717, 1.165) is 18.7 Å². The summed E-state index contributed by atoms with van der Waals surface area (Å²) in [5.41, 5.74) is 11.0. The van der Waals surface area contributed by atoms with Crippen LogP contribution in [-0.4, -0.2) is 12.5 Å². The number of aryl methyl sites for hydroxylation is 1. The van der Waals surface area contributed by atoms with Crippen LogP contribution in [0.1, 0.15) is 22.6 Å². The molecule has 0 bridgehead atoms. The summed E-state index contributed by atoms with van der Waals surface area (Å²) in [5, 5.41) is 3.12. The molecule has 1 atom stereocenters. The van der Waals surface area contributed by atoms with Crippen molar-refractivity contribution in [2.45, 2.75) is 19.3 Å². The van der Waals surface area contributed by atoms with E-state index in [0.29, 0.717) is 11.9 Å². The van der Waals surface area contributed by atoms with Gasteiger partial charge in [0.25, 0.3) is 0 Å². The topological polar surface area (TPSA) is 50.4 Å². The van der Waals surface area contributed by atoms with E-state index in [1.54, 1.807) is 0 Å². The van der Waals surface area contributed by atoms with Crippen LogP contribution in [0.3, 0.4) is 0 Å². The Balaban J connectivity index is 1.59. The number of benzene rings is 2. The molecule has 3 heteroatoms. The van der Waals surface area contributed by atoms with Gasteiger partial charge < -0.3 is 11.1 Å². The zero-order valence-electron chi connectivity index (χ0n) is 11.6. The SMILES string of the molecule is Cc1ccc(NC(N)=NCC2Cc3ccccc32)cc1. The quantitative estimate of drug-likeness (QED) is 0.662. The molecule has 102 valence electrons. The van der Waals surface area contributed by atoms with Crippen molar-refractivity contribution in [3.05, 3.63) is 65.2 Å². The van der Waals surface area contributed by atoms with E-state index in [4.69, 9.17) is 5.73 Å². The van der Waals surface area contributed by atoms with Gasteiger partial charge in [0.05, 0.1) is 0 Å². The molecule has 2 aromatic carbocycles. The molecule has 2 aromatic rings. The van der Waals surface area contributed by atoms with Crippen LogP contribution in [0.5, 0.6) is 0 Å². The first kappa shape index (κ1) is 12.7. The Morgan fingerprint density at radius 3 is 2.70 bits per heavy atom. The molecule has 0 spiro atoms. The van der Waals surface area contributed by atoms with Crippen LogP contribution in [-0.2, 0) is 6.42 Å². The molecular weight excluding hydrogens is 246 g/mol. The van der Waals surface area contributed by atoms with E-state index in [-0.39, 0.29) is 0 Å². The zero-order valence-corrected chi connectivity index (χ0v) is 11.6. The molecular formula is C17H19N3. The molecule has 0 fully saturated rings. The molecule has 1 aliphatic carbocycles. The van der Waals surface area contributed by atoms with Crippen molar-refractivity contribution < 1.29 is 0 Å². The first-order chi connectivity index (χ1) is 9.72. The molecule has 3 N–H and O–H groups in total. The molecule has 0 aliphatic heterocycles. The Bertz CT molecular complexity index is 629. The van der Waals surface area contributed by atoms with Crippen molar-refractivity contribution >= 4 is 11.6 Å². The highest BCUT2D eigenvalue weighted by Crippen LogP contribution is 2.34. The Labute approximate surface area is 119 Å². The molecule has 0 amide bonds. The predicted octanol–water partition coefficient (Wildman–Crippen LogP) is 3.06. The van der Waals surface area contributed by atoms with Crippen LogP contribution in [0.4, 0.5) is 5.69 Å². The molecule has 1 aliphatic rings. The minimum absolute atomic E-state index is 0.484. The number of nitrogens with one attached hydrogen (secondary N) is 1. The highest BCUT2D eigenvalue weighted by atomic mass is 15.1. The summed E-state index contributed by atoms with van der Waals surface area (Å²) in [6.45, 7) is 2.82. The largest absolute Gasteiger partial charge is 0.370 e. The van der Waals surface area contributed by atoms with E-state index in [1.165, 1.54) is 16.7 Å². The van der Waals surface area contributed by atoms with E-state index in [9.17, 15) is 0 Å². The lowest BCUT2D eigenvalue weighted by atomic mass is 9.78. The second-order valence-corrected chi connectivity index (χ2v) is 5.32. The van der Waals surface area contributed by atoms with Crippen molar-refractivity contribution in [2.75, 3.05) is 11.9 Å². The van der Waals surface area contributed by atoms with Gasteiger partial charge in [0, 0.05) is 18.2 Å². The number of fused-ring (bicyclic) bond motifs is 1.